The van der Waals surface area contributed by atoms with Gasteiger partial charge in [-0.3, -0.25) is 4.79 Å². The van der Waals surface area contributed by atoms with E-state index in [1.807, 2.05) is 27.7 Å². The van der Waals surface area contributed by atoms with E-state index in [0.717, 1.165) is 27.8 Å². The summed E-state index contributed by atoms with van der Waals surface area (Å²) in [5.74, 6) is 0.471. The summed E-state index contributed by atoms with van der Waals surface area (Å²) in [6, 6.07) is 2.13. The highest BCUT2D eigenvalue weighted by Gasteiger charge is 2.17. The fourth-order valence-electron chi connectivity index (χ4n) is 2.18. The van der Waals surface area contributed by atoms with E-state index in [9.17, 15) is 4.79 Å². The van der Waals surface area contributed by atoms with Crippen molar-refractivity contribution in [2.45, 2.75) is 32.9 Å². The number of hydrogen-bond donors (Lipinski definition) is 0. The summed E-state index contributed by atoms with van der Waals surface area (Å²) in [5, 5.41) is 11.8. The molecule has 2 rings (SSSR count). The Bertz CT molecular complexity index is 637. The predicted octanol–water partition coefficient (Wildman–Crippen LogP) is 2.42. The van der Waals surface area contributed by atoms with Crippen molar-refractivity contribution < 1.29 is 4.79 Å². The molecule has 0 radical (unpaired) electrons. The fourth-order valence-corrected chi connectivity index (χ4v) is 2.90. The van der Waals surface area contributed by atoms with Crippen LogP contribution in [0.2, 0.25) is 0 Å². The third kappa shape index (κ3) is 2.75. The number of nitrogens with zero attached hydrogens (tertiary/aromatic N) is 4. The minimum atomic E-state index is 0.125. The van der Waals surface area contributed by atoms with Crippen molar-refractivity contribution >= 4 is 17.5 Å². The van der Waals surface area contributed by atoms with Crippen molar-refractivity contribution in [2.24, 2.45) is 7.05 Å². The van der Waals surface area contributed by atoms with Crippen molar-refractivity contribution in [1.82, 2.24) is 20.2 Å². The molecule has 0 bridgehead atoms. The van der Waals surface area contributed by atoms with Gasteiger partial charge in [-0.2, -0.15) is 0 Å². The van der Waals surface area contributed by atoms with E-state index in [1.165, 1.54) is 11.8 Å². The summed E-state index contributed by atoms with van der Waals surface area (Å²) in [4.78, 5) is 12.5. The largest absolute Gasteiger partial charge is 0.293 e. The summed E-state index contributed by atoms with van der Waals surface area (Å²) < 4.78 is 1.57. The smallest absolute Gasteiger partial charge is 0.209 e. The normalized spacial score (nSPS) is 10.8. The second kappa shape index (κ2) is 5.75. The lowest BCUT2D eigenvalue weighted by atomic mass is 9.92. The SMILES string of the molecule is Cc1cc(C)c(C)c(C(=O)CSc2nnnn2C)c1C. The van der Waals surface area contributed by atoms with Crippen LogP contribution in [0.4, 0.5) is 0 Å². The molecule has 0 spiro atoms. The number of hydrogen-bond acceptors (Lipinski definition) is 5. The molecule has 5 nitrogen and oxygen atoms in total. The zero-order valence-electron chi connectivity index (χ0n) is 12.4. The van der Waals surface area contributed by atoms with Gasteiger partial charge in [0, 0.05) is 12.6 Å². The van der Waals surface area contributed by atoms with Crippen molar-refractivity contribution in [3.63, 3.8) is 0 Å². The van der Waals surface area contributed by atoms with E-state index in [-0.39, 0.29) is 5.78 Å². The van der Waals surface area contributed by atoms with Crippen LogP contribution in [0, 0.1) is 27.7 Å². The summed E-state index contributed by atoms with van der Waals surface area (Å²) in [5.41, 5.74) is 5.28. The average Bonchev–Trinajstić information content (AvgIpc) is 2.80. The van der Waals surface area contributed by atoms with Gasteiger partial charge in [-0.05, 0) is 60.4 Å². The Kier molecular flexibility index (Phi) is 4.23. The molecule has 2 aromatic rings. The number of carbonyl (C=O) groups is 1. The van der Waals surface area contributed by atoms with E-state index >= 15 is 0 Å². The molecular weight excluding hydrogens is 272 g/mol. The van der Waals surface area contributed by atoms with E-state index in [4.69, 9.17) is 0 Å². The Morgan fingerprint density at radius 3 is 2.30 bits per heavy atom. The summed E-state index contributed by atoms with van der Waals surface area (Å²) in [6.45, 7) is 8.09. The van der Waals surface area contributed by atoms with Gasteiger partial charge in [-0.25, -0.2) is 4.68 Å². The number of ketones is 1. The van der Waals surface area contributed by atoms with Crippen molar-refractivity contribution in [2.75, 3.05) is 5.75 Å². The first-order chi connectivity index (χ1) is 9.41. The molecule has 0 saturated heterocycles. The monoisotopic (exact) mass is 290 g/mol. The molecule has 0 unspecified atom stereocenters. The molecule has 106 valence electrons. The molecule has 1 heterocycles. The zero-order valence-corrected chi connectivity index (χ0v) is 13.2. The van der Waals surface area contributed by atoms with Gasteiger partial charge in [0.25, 0.3) is 0 Å². The van der Waals surface area contributed by atoms with Crippen LogP contribution in [0.25, 0.3) is 0 Å². The Labute approximate surface area is 122 Å². The maximum atomic E-state index is 12.5. The third-order valence-corrected chi connectivity index (χ3v) is 4.57. The standard InChI is InChI=1S/C14H18N4OS/c1-8-6-9(2)11(4)13(10(8)3)12(19)7-20-14-15-16-17-18(14)5/h6H,7H2,1-5H3. The molecule has 0 saturated carbocycles. The number of Topliss-reactive ketones (excluding diaryl/α,β-unsaturated/α-hetero) is 1. The number of aromatic nitrogens is 4. The average molecular weight is 290 g/mol. The van der Waals surface area contributed by atoms with Crippen LogP contribution in [0.15, 0.2) is 11.2 Å². The number of benzene rings is 1. The summed E-state index contributed by atoms with van der Waals surface area (Å²) in [6.07, 6.45) is 0. The van der Waals surface area contributed by atoms with Gasteiger partial charge in [0.15, 0.2) is 5.78 Å². The van der Waals surface area contributed by atoms with Crippen LogP contribution in [0.1, 0.15) is 32.6 Å². The highest BCUT2D eigenvalue weighted by atomic mass is 32.2. The van der Waals surface area contributed by atoms with Gasteiger partial charge < -0.3 is 0 Å². The maximum absolute atomic E-state index is 12.5. The number of tetrazole rings is 1. The highest BCUT2D eigenvalue weighted by molar-refractivity contribution is 7.99. The first-order valence-electron chi connectivity index (χ1n) is 6.37. The molecule has 0 amide bonds. The van der Waals surface area contributed by atoms with Crippen molar-refractivity contribution in [3.05, 3.63) is 33.9 Å². The number of aryl methyl sites for hydroxylation is 3. The van der Waals surface area contributed by atoms with Gasteiger partial charge >= 0.3 is 0 Å². The van der Waals surface area contributed by atoms with E-state index in [2.05, 4.69) is 21.6 Å². The molecule has 20 heavy (non-hydrogen) atoms. The molecule has 0 atom stereocenters. The van der Waals surface area contributed by atoms with Crippen LogP contribution >= 0.6 is 11.8 Å². The van der Waals surface area contributed by atoms with Gasteiger partial charge in [0.1, 0.15) is 0 Å². The predicted molar refractivity (Wildman–Crippen MR) is 79.2 cm³/mol. The zero-order chi connectivity index (χ0) is 14.9. The molecular formula is C14H18N4OS. The topological polar surface area (TPSA) is 60.7 Å². The van der Waals surface area contributed by atoms with Crippen LogP contribution in [-0.2, 0) is 7.05 Å². The first-order valence-corrected chi connectivity index (χ1v) is 7.36. The summed E-state index contributed by atoms with van der Waals surface area (Å²) >= 11 is 1.36. The van der Waals surface area contributed by atoms with Crippen LogP contribution < -0.4 is 0 Å². The van der Waals surface area contributed by atoms with E-state index in [1.54, 1.807) is 11.7 Å². The first kappa shape index (κ1) is 14.7. The van der Waals surface area contributed by atoms with Crippen LogP contribution in [0.3, 0.4) is 0 Å². The quantitative estimate of drug-likeness (QED) is 0.639. The highest BCUT2D eigenvalue weighted by Crippen LogP contribution is 2.24. The molecule has 0 aliphatic rings. The maximum Gasteiger partial charge on any atom is 0.209 e. The van der Waals surface area contributed by atoms with E-state index < -0.39 is 0 Å². The molecule has 1 aromatic carbocycles. The molecule has 0 aliphatic carbocycles. The lowest BCUT2D eigenvalue weighted by Gasteiger charge is -2.14. The second-order valence-electron chi connectivity index (χ2n) is 4.93. The van der Waals surface area contributed by atoms with Crippen molar-refractivity contribution in [1.29, 1.82) is 0 Å². The molecule has 0 fully saturated rings. The van der Waals surface area contributed by atoms with Gasteiger partial charge in [0.2, 0.25) is 5.16 Å². The minimum absolute atomic E-state index is 0.125. The number of rotatable bonds is 4. The molecule has 6 heteroatoms. The lowest BCUT2D eigenvalue weighted by molar-refractivity contribution is 0.102. The number of thioether (sulfide) groups is 1. The van der Waals surface area contributed by atoms with Crippen molar-refractivity contribution in [3.8, 4) is 0 Å². The Hall–Kier alpha value is -1.69. The lowest BCUT2D eigenvalue weighted by Crippen LogP contribution is -2.10. The van der Waals surface area contributed by atoms with E-state index in [0.29, 0.717) is 10.9 Å². The number of carbonyl (C=O) groups excluding carboxylic acids is 1. The van der Waals surface area contributed by atoms with Gasteiger partial charge in [-0.15, -0.1) is 5.10 Å². The van der Waals surface area contributed by atoms with Crippen LogP contribution in [-0.4, -0.2) is 31.7 Å². The van der Waals surface area contributed by atoms with Gasteiger partial charge in [0.05, 0.1) is 5.75 Å². The second-order valence-corrected chi connectivity index (χ2v) is 5.87. The molecule has 0 aliphatic heterocycles. The van der Waals surface area contributed by atoms with Gasteiger partial charge in [-0.1, -0.05) is 17.8 Å². The van der Waals surface area contributed by atoms with Crippen LogP contribution in [0.5, 0.6) is 0 Å². The molecule has 0 N–H and O–H groups in total. The fraction of sp³-hybridized carbons (Fsp3) is 0.429. The molecule has 1 aromatic heterocycles. The summed E-state index contributed by atoms with van der Waals surface area (Å²) in [7, 11) is 1.76. The Balaban J connectivity index is 2.24. The third-order valence-electron chi connectivity index (χ3n) is 3.56. The minimum Gasteiger partial charge on any atom is -0.293 e. The Morgan fingerprint density at radius 1 is 1.20 bits per heavy atom. The Morgan fingerprint density at radius 2 is 1.80 bits per heavy atom.